The molecule has 114 valence electrons. The Morgan fingerprint density at radius 1 is 1.29 bits per heavy atom. The van der Waals surface area contributed by atoms with E-state index in [4.69, 9.17) is 0 Å². The summed E-state index contributed by atoms with van der Waals surface area (Å²) >= 11 is 0. The number of nitrogens with zero attached hydrogens (tertiary/aromatic N) is 2. The lowest BCUT2D eigenvalue weighted by Crippen LogP contribution is -2.31. The fourth-order valence-electron chi connectivity index (χ4n) is 2.42. The molecule has 21 heavy (non-hydrogen) atoms. The van der Waals surface area contributed by atoms with Gasteiger partial charge < -0.3 is 9.88 Å². The molecule has 0 aliphatic rings. The summed E-state index contributed by atoms with van der Waals surface area (Å²) in [7, 11) is 1.85. The third kappa shape index (κ3) is 4.11. The van der Waals surface area contributed by atoms with E-state index in [2.05, 4.69) is 21.8 Å². The van der Waals surface area contributed by atoms with Crippen molar-refractivity contribution in [1.82, 2.24) is 14.9 Å². The minimum atomic E-state index is -0.546. The zero-order valence-corrected chi connectivity index (χ0v) is 12.4. The van der Waals surface area contributed by atoms with Crippen molar-refractivity contribution in [2.45, 2.75) is 38.8 Å². The van der Waals surface area contributed by atoms with Gasteiger partial charge in [0.05, 0.1) is 0 Å². The molecule has 0 amide bonds. The van der Waals surface area contributed by atoms with Gasteiger partial charge >= 0.3 is 0 Å². The summed E-state index contributed by atoms with van der Waals surface area (Å²) in [5.41, 5.74) is 0.518. The van der Waals surface area contributed by atoms with Crippen molar-refractivity contribution in [3.63, 3.8) is 0 Å². The highest BCUT2D eigenvalue weighted by Gasteiger charge is 2.14. The van der Waals surface area contributed by atoms with Crippen molar-refractivity contribution >= 4 is 0 Å². The van der Waals surface area contributed by atoms with Gasteiger partial charge in [0.2, 0.25) is 0 Å². The topological polar surface area (TPSA) is 29.9 Å². The van der Waals surface area contributed by atoms with Crippen molar-refractivity contribution in [2.75, 3.05) is 7.05 Å². The second-order valence-electron chi connectivity index (χ2n) is 5.17. The van der Waals surface area contributed by atoms with Crippen LogP contribution in [-0.4, -0.2) is 22.6 Å². The first-order valence-electron chi connectivity index (χ1n) is 7.25. The highest BCUT2D eigenvalue weighted by atomic mass is 19.1. The van der Waals surface area contributed by atoms with E-state index in [1.807, 2.05) is 13.2 Å². The highest BCUT2D eigenvalue weighted by molar-refractivity contribution is 5.20. The first kappa shape index (κ1) is 15.6. The van der Waals surface area contributed by atoms with Crippen LogP contribution >= 0.6 is 0 Å². The molecule has 0 bridgehead atoms. The van der Waals surface area contributed by atoms with Gasteiger partial charge in [0.25, 0.3) is 0 Å². The number of aryl methyl sites for hydroxylation is 1. The second-order valence-corrected chi connectivity index (χ2v) is 5.17. The predicted octanol–water partition coefficient (Wildman–Crippen LogP) is 2.94. The number of halogens is 2. The number of likely N-dealkylation sites (N-methyl/N-ethyl adjacent to an activating group) is 1. The fourth-order valence-corrected chi connectivity index (χ4v) is 2.42. The van der Waals surface area contributed by atoms with Gasteiger partial charge in [0, 0.05) is 37.5 Å². The molecule has 2 rings (SSSR count). The molecule has 1 unspecified atom stereocenters. The van der Waals surface area contributed by atoms with E-state index in [9.17, 15) is 8.78 Å². The Hall–Kier alpha value is -1.75. The third-order valence-corrected chi connectivity index (χ3v) is 3.58. The fraction of sp³-hybridized carbons (Fsp3) is 0.438. The Labute approximate surface area is 124 Å². The number of aromatic nitrogens is 2. The molecular weight excluding hydrogens is 272 g/mol. The molecule has 0 spiro atoms. The lowest BCUT2D eigenvalue weighted by molar-refractivity contribution is 0.503. The average molecular weight is 293 g/mol. The number of imidazole rings is 1. The minimum Gasteiger partial charge on any atom is -0.335 e. The second kappa shape index (κ2) is 7.31. The lowest BCUT2D eigenvalue weighted by Gasteiger charge is -2.17. The molecule has 1 aromatic carbocycles. The molecule has 5 heteroatoms. The van der Waals surface area contributed by atoms with Crippen LogP contribution in [-0.2, 0) is 19.4 Å². The molecule has 3 nitrogen and oxygen atoms in total. The van der Waals surface area contributed by atoms with Crippen molar-refractivity contribution in [1.29, 1.82) is 0 Å². The van der Waals surface area contributed by atoms with Crippen LogP contribution in [0.1, 0.15) is 24.7 Å². The van der Waals surface area contributed by atoms with Crippen LogP contribution in [0.3, 0.4) is 0 Å². The summed E-state index contributed by atoms with van der Waals surface area (Å²) in [4.78, 5) is 4.37. The van der Waals surface area contributed by atoms with E-state index in [-0.39, 0.29) is 6.04 Å². The molecule has 0 saturated heterocycles. The predicted molar refractivity (Wildman–Crippen MR) is 79.1 cm³/mol. The van der Waals surface area contributed by atoms with E-state index < -0.39 is 11.6 Å². The molecule has 0 aliphatic carbocycles. The maximum Gasteiger partial charge on any atom is 0.129 e. The van der Waals surface area contributed by atoms with Crippen LogP contribution in [0.2, 0.25) is 0 Å². The Kier molecular flexibility index (Phi) is 5.44. The van der Waals surface area contributed by atoms with E-state index in [0.29, 0.717) is 18.4 Å². The number of hydrogen-bond acceptors (Lipinski definition) is 2. The van der Waals surface area contributed by atoms with Gasteiger partial charge in [-0.3, -0.25) is 0 Å². The molecule has 1 N–H and O–H groups in total. The van der Waals surface area contributed by atoms with Crippen LogP contribution in [0, 0.1) is 11.6 Å². The molecule has 0 radical (unpaired) electrons. The Balaban J connectivity index is 2.07. The summed E-state index contributed by atoms with van der Waals surface area (Å²) in [6, 6.07) is 3.79. The number of benzene rings is 1. The van der Waals surface area contributed by atoms with Gasteiger partial charge in [0.1, 0.15) is 17.5 Å². The molecule has 0 saturated carbocycles. The lowest BCUT2D eigenvalue weighted by atomic mass is 10.0. The monoisotopic (exact) mass is 293 g/mol. The summed E-state index contributed by atoms with van der Waals surface area (Å²) in [5.74, 6) is -0.0541. The van der Waals surface area contributed by atoms with Crippen LogP contribution in [0.4, 0.5) is 8.78 Å². The van der Waals surface area contributed by atoms with Crippen LogP contribution in [0.15, 0.2) is 30.6 Å². The molecule has 1 atom stereocenters. The SMILES string of the molecule is CCCn1ccnc1CC(Cc1ccc(F)cc1F)NC. The molecule has 1 aromatic heterocycles. The third-order valence-electron chi connectivity index (χ3n) is 3.58. The molecule has 2 aromatic rings. The number of nitrogens with one attached hydrogen (secondary N) is 1. The Morgan fingerprint density at radius 3 is 2.76 bits per heavy atom. The van der Waals surface area contributed by atoms with Gasteiger partial charge in [-0.2, -0.15) is 0 Å². The van der Waals surface area contributed by atoms with Crippen LogP contribution in [0.5, 0.6) is 0 Å². The highest BCUT2D eigenvalue weighted by Crippen LogP contribution is 2.14. The zero-order chi connectivity index (χ0) is 15.2. The average Bonchev–Trinajstić information content (AvgIpc) is 2.88. The van der Waals surface area contributed by atoms with Crippen LogP contribution < -0.4 is 5.32 Å². The standard InChI is InChI=1S/C16H21F2N3/c1-3-7-21-8-6-20-16(21)11-14(19-2)9-12-4-5-13(17)10-15(12)18/h4-6,8,10,14,19H,3,7,9,11H2,1-2H3. The first-order valence-corrected chi connectivity index (χ1v) is 7.25. The Bertz CT molecular complexity index is 581. The molecule has 1 heterocycles. The van der Waals surface area contributed by atoms with E-state index in [0.717, 1.165) is 24.9 Å². The van der Waals surface area contributed by atoms with E-state index in [1.165, 1.54) is 12.1 Å². The minimum absolute atomic E-state index is 0.0583. The van der Waals surface area contributed by atoms with Gasteiger partial charge in [-0.15, -0.1) is 0 Å². The smallest absolute Gasteiger partial charge is 0.129 e. The van der Waals surface area contributed by atoms with E-state index in [1.54, 1.807) is 6.20 Å². The van der Waals surface area contributed by atoms with Gasteiger partial charge in [-0.25, -0.2) is 13.8 Å². The summed E-state index contributed by atoms with van der Waals surface area (Å²) < 4.78 is 28.8. The van der Waals surface area contributed by atoms with Gasteiger partial charge in [-0.1, -0.05) is 13.0 Å². The Morgan fingerprint density at radius 2 is 2.10 bits per heavy atom. The van der Waals surface area contributed by atoms with Crippen molar-refractivity contribution < 1.29 is 8.78 Å². The first-order chi connectivity index (χ1) is 10.1. The van der Waals surface area contributed by atoms with Crippen LogP contribution in [0.25, 0.3) is 0 Å². The molecule has 0 aliphatic heterocycles. The molecule has 0 fully saturated rings. The van der Waals surface area contributed by atoms with E-state index >= 15 is 0 Å². The number of hydrogen-bond donors (Lipinski definition) is 1. The van der Waals surface area contributed by atoms with Gasteiger partial charge in [-0.05, 0) is 31.5 Å². The summed E-state index contributed by atoms with van der Waals surface area (Å²) in [6.45, 7) is 3.05. The number of rotatable bonds is 7. The molecular formula is C16H21F2N3. The van der Waals surface area contributed by atoms with Crippen molar-refractivity contribution in [3.8, 4) is 0 Å². The maximum absolute atomic E-state index is 13.7. The summed E-state index contributed by atoms with van der Waals surface area (Å²) in [5, 5.41) is 3.19. The normalized spacial score (nSPS) is 12.6. The van der Waals surface area contributed by atoms with Crippen molar-refractivity contribution in [3.05, 3.63) is 53.6 Å². The van der Waals surface area contributed by atoms with Crippen molar-refractivity contribution in [2.24, 2.45) is 0 Å². The zero-order valence-electron chi connectivity index (χ0n) is 12.4. The maximum atomic E-state index is 13.7. The van der Waals surface area contributed by atoms with Gasteiger partial charge in [0.15, 0.2) is 0 Å². The summed E-state index contributed by atoms with van der Waals surface area (Å²) in [6.07, 6.45) is 6.00. The quantitative estimate of drug-likeness (QED) is 0.850. The largest absolute Gasteiger partial charge is 0.335 e.